The van der Waals surface area contributed by atoms with Gasteiger partial charge in [-0.1, -0.05) is 12.1 Å². The zero-order chi connectivity index (χ0) is 28.1. The Morgan fingerprint density at radius 2 is 1.41 bits per heavy atom. The molecule has 4 amide bonds. The minimum Gasteiger partial charge on any atom is -0.508 e. The number of primary amides is 1. The molecule has 15 heteroatoms. The fraction of sp³-hybridized carbons (Fsp3) is 0.455. The van der Waals surface area contributed by atoms with E-state index in [2.05, 4.69) is 16.0 Å². The Morgan fingerprint density at radius 1 is 0.865 bits per heavy atom. The molecule has 37 heavy (non-hydrogen) atoms. The molecule has 0 spiro atoms. The van der Waals surface area contributed by atoms with Crippen molar-refractivity contribution in [2.45, 2.75) is 49.9 Å². The molecule has 0 aliphatic heterocycles. The molecule has 0 bridgehead atoms. The lowest BCUT2D eigenvalue weighted by Crippen LogP contribution is -2.58. The molecule has 0 aliphatic rings. The maximum atomic E-state index is 13.1. The highest BCUT2D eigenvalue weighted by Crippen LogP contribution is 2.12. The average Bonchev–Trinajstić information content (AvgIpc) is 2.80. The normalized spacial score (nSPS) is 13.9. The van der Waals surface area contributed by atoms with Crippen LogP contribution in [0, 0.1) is 0 Å². The number of carbonyl (C=O) groups excluding carboxylic acids is 4. The van der Waals surface area contributed by atoms with Gasteiger partial charge in [0.2, 0.25) is 23.6 Å². The van der Waals surface area contributed by atoms with E-state index in [1.54, 1.807) is 6.26 Å². The number of aromatic hydroxyl groups is 1. The van der Waals surface area contributed by atoms with Crippen LogP contribution in [0.25, 0.3) is 0 Å². The fourth-order valence-electron chi connectivity index (χ4n) is 3.09. The molecule has 1 rings (SSSR count). The van der Waals surface area contributed by atoms with Gasteiger partial charge in [0.25, 0.3) is 0 Å². The Bertz CT molecular complexity index is 989. The zero-order valence-electron chi connectivity index (χ0n) is 20.0. The molecule has 4 unspecified atom stereocenters. The first-order chi connectivity index (χ1) is 17.3. The number of aliphatic carboxylic acids is 2. The smallest absolute Gasteiger partial charge is 0.326 e. The summed E-state index contributed by atoms with van der Waals surface area (Å²) in [5, 5.41) is 34.9. The third-order valence-electron chi connectivity index (χ3n) is 5.00. The molecule has 0 fully saturated rings. The van der Waals surface area contributed by atoms with Gasteiger partial charge in [0, 0.05) is 6.42 Å². The van der Waals surface area contributed by atoms with Crippen molar-refractivity contribution in [3.8, 4) is 5.75 Å². The van der Waals surface area contributed by atoms with E-state index < -0.39 is 72.6 Å². The van der Waals surface area contributed by atoms with Gasteiger partial charge in [-0.15, -0.1) is 0 Å². The summed E-state index contributed by atoms with van der Waals surface area (Å²) >= 11 is 1.35. The first-order valence-corrected chi connectivity index (χ1v) is 12.4. The van der Waals surface area contributed by atoms with Crippen LogP contribution >= 0.6 is 11.8 Å². The van der Waals surface area contributed by atoms with Crippen molar-refractivity contribution in [2.24, 2.45) is 11.5 Å². The fourth-order valence-corrected chi connectivity index (χ4v) is 3.56. The third kappa shape index (κ3) is 11.6. The van der Waals surface area contributed by atoms with Crippen molar-refractivity contribution in [3.63, 3.8) is 0 Å². The van der Waals surface area contributed by atoms with Crippen LogP contribution in [0.5, 0.6) is 5.75 Å². The van der Waals surface area contributed by atoms with E-state index in [0.29, 0.717) is 11.3 Å². The largest absolute Gasteiger partial charge is 0.508 e. The number of rotatable bonds is 16. The Kier molecular flexibility index (Phi) is 12.9. The number of nitrogens with two attached hydrogens (primary N) is 2. The number of carboxylic acids is 2. The number of hydrogen-bond acceptors (Lipinski definition) is 9. The summed E-state index contributed by atoms with van der Waals surface area (Å²) < 4.78 is 0. The number of phenolic OH excluding ortho intramolecular Hbond substituents is 1. The lowest BCUT2D eigenvalue weighted by atomic mass is 10.0. The standard InChI is InChI=1S/C22H31N5O9S/c1-37-7-6-14(22(35)36)25-21(34)16(10-18(30)31)27-20(33)15(8-11-2-4-12(28)5-3-11)26-19(32)13(23)9-17(24)29/h2-5,13-16,28H,6-10,23H2,1H3,(H2,24,29)(H,25,34)(H,26,32)(H,27,33)(H,30,31)(H,35,36). The van der Waals surface area contributed by atoms with Gasteiger partial charge < -0.3 is 42.7 Å². The first-order valence-electron chi connectivity index (χ1n) is 11.0. The van der Waals surface area contributed by atoms with Crippen LogP contribution in [0.4, 0.5) is 0 Å². The quantitative estimate of drug-likeness (QED) is 0.112. The second-order valence-electron chi connectivity index (χ2n) is 8.05. The lowest BCUT2D eigenvalue weighted by molar-refractivity contribution is -0.143. The summed E-state index contributed by atoms with van der Waals surface area (Å²) in [4.78, 5) is 72.2. The number of phenols is 1. The summed E-state index contributed by atoms with van der Waals surface area (Å²) in [6.07, 6.45) is 0.275. The number of thioether (sulfide) groups is 1. The molecular weight excluding hydrogens is 510 g/mol. The molecular formula is C22H31N5O9S. The molecule has 4 atom stereocenters. The molecule has 204 valence electrons. The van der Waals surface area contributed by atoms with Gasteiger partial charge in [0.05, 0.1) is 18.9 Å². The Balaban J connectivity index is 3.13. The molecule has 0 saturated heterocycles. The van der Waals surface area contributed by atoms with Crippen molar-refractivity contribution in [1.29, 1.82) is 0 Å². The van der Waals surface area contributed by atoms with Gasteiger partial charge in [-0.2, -0.15) is 11.8 Å². The number of amides is 4. The van der Waals surface area contributed by atoms with Crippen LogP contribution in [0.3, 0.4) is 0 Å². The molecule has 1 aromatic carbocycles. The molecule has 1 aromatic rings. The maximum absolute atomic E-state index is 13.1. The number of carboxylic acid groups (broad SMARTS) is 2. The highest BCUT2D eigenvalue weighted by Gasteiger charge is 2.32. The van der Waals surface area contributed by atoms with Crippen molar-refractivity contribution in [3.05, 3.63) is 29.8 Å². The molecule has 0 radical (unpaired) electrons. The molecule has 14 nitrogen and oxygen atoms in total. The minimum absolute atomic E-state index is 0.0510. The van der Waals surface area contributed by atoms with Crippen LogP contribution in [-0.4, -0.2) is 87.1 Å². The molecule has 0 aliphatic carbocycles. The predicted molar refractivity (Wildman–Crippen MR) is 132 cm³/mol. The lowest BCUT2D eigenvalue weighted by Gasteiger charge is -2.24. The number of benzene rings is 1. The predicted octanol–water partition coefficient (Wildman–Crippen LogP) is -2.10. The molecule has 10 N–H and O–H groups in total. The van der Waals surface area contributed by atoms with Crippen LogP contribution in [0.2, 0.25) is 0 Å². The Labute approximate surface area is 216 Å². The summed E-state index contributed by atoms with van der Waals surface area (Å²) in [5.74, 6) is -6.18. The number of carbonyl (C=O) groups is 6. The zero-order valence-corrected chi connectivity index (χ0v) is 20.8. The molecule has 0 saturated carbocycles. The third-order valence-corrected chi connectivity index (χ3v) is 5.65. The van der Waals surface area contributed by atoms with Gasteiger partial charge in [-0.05, 0) is 36.1 Å². The Morgan fingerprint density at radius 3 is 1.92 bits per heavy atom. The van der Waals surface area contributed by atoms with Crippen LogP contribution < -0.4 is 27.4 Å². The van der Waals surface area contributed by atoms with E-state index >= 15 is 0 Å². The number of nitrogens with one attached hydrogen (secondary N) is 3. The van der Waals surface area contributed by atoms with E-state index in [0.717, 1.165) is 0 Å². The SMILES string of the molecule is CSCCC(NC(=O)C(CC(=O)O)NC(=O)C(Cc1ccc(O)cc1)NC(=O)C(N)CC(N)=O)C(=O)O. The monoisotopic (exact) mass is 541 g/mol. The summed E-state index contributed by atoms with van der Waals surface area (Å²) in [6, 6.07) is -0.123. The van der Waals surface area contributed by atoms with Crippen LogP contribution in [-0.2, 0) is 35.2 Å². The summed E-state index contributed by atoms with van der Waals surface area (Å²) in [5.41, 5.74) is 11.2. The van der Waals surface area contributed by atoms with Crippen molar-refractivity contribution in [1.82, 2.24) is 16.0 Å². The van der Waals surface area contributed by atoms with Gasteiger partial charge in [0.1, 0.15) is 23.9 Å². The van der Waals surface area contributed by atoms with E-state index in [4.69, 9.17) is 11.5 Å². The topological polar surface area (TPSA) is 251 Å². The second kappa shape index (κ2) is 15.3. The van der Waals surface area contributed by atoms with Gasteiger partial charge in [-0.25, -0.2) is 4.79 Å². The maximum Gasteiger partial charge on any atom is 0.326 e. The first kappa shape index (κ1) is 31.2. The van der Waals surface area contributed by atoms with Crippen molar-refractivity contribution < 1.29 is 44.1 Å². The van der Waals surface area contributed by atoms with Crippen LogP contribution in [0.1, 0.15) is 24.8 Å². The summed E-state index contributed by atoms with van der Waals surface area (Å²) in [7, 11) is 0. The highest BCUT2D eigenvalue weighted by molar-refractivity contribution is 7.98. The van der Waals surface area contributed by atoms with Crippen molar-refractivity contribution in [2.75, 3.05) is 12.0 Å². The van der Waals surface area contributed by atoms with E-state index in [9.17, 15) is 44.1 Å². The van der Waals surface area contributed by atoms with Gasteiger partial charge in [0.15, 0.2) is 0 Å². The minimum atomic E-state index is -1.67. The second-order valence-corrected chi connectivity index (χ2v) is 9.03. The van der Waals surface area contributed by atoms with Gasteiger partial charge >= 0.3 is 11.9 Å². The molecule has 0 heterocycles. The van der Waals surface area contributed by atoms with Crippen molar-refractivity contribution >= 4 is 47.3 Å². The summed E-state index contributed by atoms with van der Waals surface area (Å²) in [6.45, 7) is 0. The Hall–Kier alpha value is -3.85. The van der Waals surface area contributed by atoms with E-state index in [1.807, 2.05) is 0 Å². The highest BCUT2D eigenvalue weighted by atomic mass is 32.2. The average molecular weight is 542 g/mol. The van der Waals surface area contributed by atoms with Gasteiger partial charge in [-0.3, -0.25) is 24.0 Å². The number of hydrogen-bond donors (Lipinski definition) is 8. The van der Waals surface area contributed by atoms with E-state index in [1.165, 1.54) is 36.0 Å². The molecule has 0 aromatic heterocycles. The van der Waals surface area contributed by atoms with Crippen LogP contribution in [0.15, 0.2) is 24.3 Å². The van der Waals surface area contributed by atoms with E-state index in [-0.39, 0.29) is 18.6 Å².